The molecule has 0 aromatic heterocycles. The molecule has 0 amide bonds. The van der Waals surface area contributed by atoms with Crippen LogP contribution in [-0.2, 0) is 0 Å². The van der Waals surface area contributed by atoms with Gasteiger partial charge in [-0.2, -0.15) is 0 Å². The van der Waals surface area contributed by atoms with Gasteiger partial charge in [-0.1, -0.05) is 73.8 Å². The van der Waals surface area contributed by atoms with E-state index in [0.29, 0.717) is 0 Å². The molecule has 0 aliphatic carbocycles. The van der Waals surface area contributed by atoms with Crippen LogP contribution in [0.2, 0.25) is 0 Å². The Kier molecular flexibility index (Phi) is 6.13. The highest BCUT2D eigenvalue weighted by Gasteiger charge is 2.22. The molecule has 1 saturated heterocycles. The van der Waals surface area contributed by atoms with Crippen LogP contribution < -0.4 is 0 Å². The Morgan fingerprint density at radius 3 is 1.92 bits per heavy atom. The van der Waals surface area contributed by atoms with Gasteiger partial charge in [-0.15, -0.1) is 0 Å². The number of hydrogen-bond donors (Lipinski definition) is 0. The van der Waals surface area contributed by atoms with E-state index in [4.69, 9.17) is 0 Å². The van der Waals surface area contributed by atoms with E-state index in [9.17, 15) is 0 Å². The quantitative estimate of drug-likeness (QED) is 0.750. The fourth-order valence-electron chi connectivity index (χ4n) is 3.67. The van der Waals surface area contributed by atoms with Gasteiger partial charge in [0, 0.05) is 38.4 Å². The topological polar surface area (TPSA) is 9.72 Å². The van der Waals surface area contributed by atoms with Crippen LogP contribution in [0.15, 0.2) is 85.7 Å². The lowest BCUT2D eigenvalue weighted by Crippen LogP contribution is -2.45. The zero-order valence-electron chi connectivity index (χ0n) is 15.7. The molecule has 1 aliphatic rings. The average Bonchev–Trinajstić information content (AvgIpc) is 2.70. The van der Waals surface area contributed by atoms with Gasteiger partial charge in [0.1, 0.15) is 0 Å². The highest BCUT2D eigenvalue weighted by Crippen LogP contribution is 2.28. The standard InChI is InChI=1S/C23H29N3/c1-4-25-15-17-26(18-16-25)20(2)19-24(3)23(21-11-7-5-8-12-21)22-13-9-6-10-14-22/h4-14,23H,1-2,15-19H2,3H3. The largest absolute Gasteiger partial charge is 0.374 e. The molecule has 3 nitrogen and oxygen atoms in total. The van der Waals surface area contributed by atoms with E-state index in [-0.39, 0.29) is 6.04 Å². The number of rotatable bonds is 7. The van der Waals surface area contributed by atoms with Crippen LogP contribution in [0.4, 0.5) is 0 Å². The number of piperazine rings is 1. The predicted octanol–water partition coefficient (Wildman–Crippen LogP) is 3.98. The average molecular weight is 348 g/mol. The zero-order chi connectivity index (χ0) is 18.4. The van der Waals surface area contributed by atoms with Crippen molar-refractivity contribution >= 4 is 0 Å². The van der Waals surface area contributed by atoms with Crippen molar-refractivity contribution in [3.8, 4) is 0 Å². The molecule has 26 heavy (non-hydrogen) atoms. The van der Waals surface area contributed by atoms with Gasteiger partial charge in [0.25, 0.3) is 0 Å². The van der Waals surface area contributed by atoms with Gasteiger partial charge in [-0.05, 0) is 24.4 Å². The molecule has 3 heteroatoms. The Balaban J connectivity index is 1.73. The van der Waals surface area contributed by atoms with Gasteiger partial charge in [-0.25, -0.2) is 0 Å². The molecule has 0 radical (unpaired) electrons. The first-order valence-electron chi connectivity index (χ1n) is 9.28. The van der Waals surface area contributed by atoms with Gasteiger partial charge in [0.15, 0.2) is 0 Å². The summed E-state index contributed by atoms with van der Waals surface area (Å²) in [6, 6.07) is 21.7. The van der Waals surface area contributed by atoms with Gasteiger partial charge in [0.05, 0.1) is 6.04 Å². The SMILES string of the molecule is C=CN1CCN(C(=C)CN(C)C(c2ccccc2)c2ccccc2)CC1. The summed E-state index contributed by atoms with van der Waals surface area (Å²) in [6.45, 7) is 13.2. The Hall–Kier alpha value is -2.52. The zero-order valence-corrected chi connectivity index (χ0v) is 15.7. The molecule has 0 bridgehead atoms. The second-order valence-corrected chi connectivity index (χ2v) is 6.91. The minimum atomic E-state index is 0.226. The first-order chi connectivity index (χ1) is 12.7. The summed E-state index contributed by atoms with van der Waals surface area (Å²) >= 11 is 0. The van der Waals surface area contributed by atoms with Crippen molar-refractivity contribution < 1.29 is 0 Å². The second kappa shape index (κ2) is 8.72. The lowest BCUT2D eigenvalue weighted by atomic mass is 9.97. The van der Waals surface area contributed by atoms with E-state index >= 15 is 0 Å². The van der Waals surface area contributed by atoms with E-state index < -0.39 is 0 Å². The van der Waals surface area contributed by atoms with Crippen molar-refractivity contribution in [3.63, 3.8) is 0 Å². The molecule has 1 fully saturated rings. The maximum atomic E-state index is 4.38. The molecule has 0 unspecified atom stereocenters. The highest BCUT2D eigenvalue weighted by atomic mass is 15.3. The first-order valence-corrected chi connectivity index (χ1v) is 9.28. The monoisotopic (exact) mass is 347 g/mol. The first kappa shape index (κ1) is 18.3. The van der Waals surface area contributed by atoms with E-state index in [1.54, 1.807) is 0 Å². The Bertz CT molecular complexity index is 663. The number of nitrogens with zero attached hydrogens (tertiary/aromatic N) is 3. The summed E-state index contributed by atoms with van der Waals surface area (Å²) < 4.78 is 0. The van der Waals surface area contributed by atoms with Gasteiger partial charge < -0.3 is 9.80 Å². The number of hydrogen-bond acceptors (Lipinski definition) is 3. The normalized spacial score (nSPS) is 14.7. The van der Waals surface area contributed by atoms with Crippen molar-refractivity contribution in [2.45, 2.75) is 6.04 Å². The maximum absolute atomic E-state index is 4.38. The molecule has 0 saturated carbocycles. The van der Waals surface area contributed by atoms with Crippen molar-refractivity contribution in [1.29, 1.82) is 0 Å². The molecule has 1 aliphatic heterocycles. The predicted molar refractivity (Wildman–Crippen MR) is 110 cm³/mol. The molecule has 0 atom stereocenters. The van der Waals surface area contributed by atoms with Crippen LogP contribution in [0.3, 0.4) is 0 Å². The third-order valence-corrected chi connectivity index (χ3v) is 5.12. The van der Waals surface area contributed by atoms with E-state index in [2.05, 4.69) is 95.6 Å². The maximum Gasteiger partial charge on any atom is 0.0602 e. The number of benzene rings is 2. The minimum absolute atomic E-state index is 0.226. The highest BCUT2D eigenvalue weighted by molar-refractivity contribution is 5.32. The molecule has 2 aromatic rings. The minimum Gasteiger partial charge on any atom is -0.374 e. The molecule has 1 heterocycles. The van der Waals surface area contributed by atoms with E-state index in [1.165, 1.54) is 16.8 Å². The second-order valence-electron chi connectivity index (χ2n) is 6.91. The van der Waals surface area contributed by atoms with Crippen molar-refractivity contribution in [1.82, 2.24) is 14.7 Å². The fourth-order valence-corrected chi connectivity index (χ4v) is 3.67. The van der Waals surface area contributed by atoms with Gasteiger partial charge >= 0.3 is 0 Å². The van der Waals surface area contributed by atoms with Crippen molar-refractivity contribution in [2.75, 3.05) is 39.8 Å². The summed E-state index contributed by atoms with van der Waals surface area (Å²) in [5, 5.41) is 0. The van der Waals surface area contributed by atoms with Crippen LogP contribution >= 0.6 is 0 Å². The summed E-state index contributed by atoms with van der Waals surface area (Å²) in [5.74, 6) is 0. The van der Waals surface area contributed by atoms with Gasteiger partial charge in [-0.3, -0.25) is 4.90 Å². The van der Waals surface area contributed by atoms with Crippen LogP contribution in [0.25, 0.3) is 0 Å². The number of likely N-dealkylation sites (N-methyl/N-ethyl adjacent to an activating group) is 1. The van der Waals surface area contributed by atoms with Crippen LogP contribution in [0, 0.1) is 0 Å². The van der Waals surface area contributed by atoms with Crippen molar-refractivity contribution in [2.24, 2.45) is 0 Å². The lowest BCUT2D eigenvalue weighted by molar-refractivity contribution is 0.184. The molecular weight excluding hydrogens is 318 g/mol. The third-order valence-electron chi connectivity index (χ3n) is 5.12. The van der Waals surface area contributed by atoms with Crippen molar-refractivity contribution in [3.05, 3.63) is 96.8 Å². The Labute approximate surface area is 157 Å². The Morgan fingerprint density at radius 1 is 0.962 bits per heavy atom. The van der Waals surface area contributed by atoms with Crippen LogP contribution in [0.5, 0.6) is 0 Å². The smallest absolute Gasteiger partial charge is 0.0602 e. The molecule has 3 rings (SSSR count). The lowest BCUT2D eigenvalue weighted by Gasteiger charge is -2.38. The summed E-state index contributed by atoms with van der Waals surface area (Å²) in [5.41, 5.74) is 3.81. The van der Waals surface area contributed by atoms with Crippen LogP contribution in [-0.4, -0.2) is 54.5 Å². The molecule has 136 valence electrons. The summed E-state index contributed by atoms with van der Waals surface area (Å²) in [4.78, 5) is 7.07. The fraction of sp³-hybridized carbons (Fsp3) is 0.304. The van der Waals surface area contributed by atoms with Gasteiger partial charge in [0.2, 0.25) is 0 Å². The third kappa shape index (κ3) is 4.36. The molecule has 0 N–H and O–H groups in total. The summed E-state index contributed by atoms with van der Waals surface area (Å²) in [7, 11) is 2.19. The molecule has 0 spiro atoms. The molecule has 2 aromatic carbocycles. The Morgan fingerprint density at radius 2 is 1.46 bits per heavy atom. The molecular formula is C23H29N3. The summed E-state index contributed by atoms with van der Waals surface area (Å²) in [6.07, 6.45) is 1.94. The van der Waals surface area contributed by atoms with Crippen LogP contribution in [0.1, 0.15) is 17.2 Å². The van der Waals surface area contributed by atoms with E-state index in [1.807, 2.05) is 6.20 Å². The van der Waals surface area contributed by atoms with E-state index in [0.717, 1.165) is 32.7 Å².